The van der Waals surface area contributed by atoms with Gasteiger partial charge in [-0.2, -0.15) is 0 Å². The lowest BCUT2D eigenvalue weighted by Gasteiger charge is -2.28. The molecule has 0 saturated heterocycles. The average molecular weight is 577 g/mol. The maximum atomic E-state index is 12.1. The summed E-state index contributed by atoms with van der Waals surface area (Å²) in [5.41, 5.74) is 23.2. The minimum absolute atomic E-state index is 0.688. The Morgan fingerprint density at radius 1 is 0.395 bits per heavy atom. The maximum Gasteiger partial charge on any atom is 0.105 e. The summed E-state index contributed by atoms with van der Waals surface area (Å²) in [6.45, 7) is 30.1. The molecule has 0 aliphatic carbocycles. The molecule has 0 aromatic heterocycles. The van der Waals surface area contributed by atoms with Crippen LogP contribution in [0.5, 0.6) is 0 Å². The van der Waals surface area contributed by atoms with Crippen molar-refractivity contribution < 1.29 is 10.2 Å². The standard InChI is InChI=1S/C41H52O2/c1-20-15-24(5)36(25(6)16-20)40(42)39-31(12)29(10)30(11)35(33(39)14)19-34-18-23(4)28(9)38(32(34)13)41(43)37-26(7)21(2)17-22(3)27(37)8/h15-18,40-43H,19H2,1-14H3. The van der Waals surface area contributed by atoms with Crippen molar-refractivity contribution >= 4 is 0 Å². The molecule has 0 fully saturated rings. The van der Waals surface area contributed by atoms with Gasteiger partial charge in [0.1, 0.15) is 12.2 Å². The molecule has 4 aromatic rings. The highest BCUT2D eigenvalue weighted by Crippen LogP contribution is 2.40. The zero-order valence-electron chi connectivity index (χ0n) is 29.1. The minimum Gasteiger partial charge on any atom is -0.384 e. The second-order valence-corrected chi connectivity index (χ2v) is 13.4. The minimum atomic E-state index is -0.691. The SMILES string of the molecule is Cc1cc(C)c(C(O)c2c(C)c(C)c(C)c(Cc3cc(C)c(C)c(C(O)c4c(C)c(C)cc(C)c4C)c3C)c2C)c(C)c1. The smallest absolute Gasteiger partial charge is 0.105 e. The van der Waals surface area contributed by atoms with E-state index >= 15 is 0 Å². The number of aliphatic hydroxyl groups excluding tert-OH is 2. The van der Waals surface area contributed by atoms with E-state index in [0.717, 1.165) is 56.5 Å². The van der Waals surface area contributed by atoms with Gasteiger partial charge in [-0.1, -0.05) is 29.8 Å². The summed E-state index contributed by atoms with van der Waals surface area (Å²) in [5.74, 6) is 0. The van der Waals surface area contributed by atoms with Crippen LogP contribution in [-0.2, 0) is 6.42 Å². The Labute approximate surface area is 260 Å². The van der Waals surface area contributed by atoms with Crippen LogP contribution in [0.2, 0.25) is 0 Å². The molecule has 0 bridgehead atoms. The topological polar surface area (TPSA) is 40.5 Å². The molecule has 2 nitrogen and oxygen atoms in total. The first kappa shape index (κ1) is 32.7. The Kier molecular flexibility index (Phi) is 9.17. The van der Waals surface area contributed by atoms with Gasteiger partial charge in [0.25, 0.3) is 0 Å². The summed E-state index contributed by atoms with van der Waals surface area (Å²) in [7, 11) is 0. The first-order chi connectivity index (χ1) is 20.0. The Hall–Kier alpha value is -3.20. The van der Waals surface area contributed by atoms with Gasteiger partial charge in [-0.25, -0.2) is 0 Å². The first-order valence-corrected chi connectivity index (χ1v) is 15.7. The summed E-state index contributed by atoms with van der Waals surface area (Å²) in [4.78, 5) is 0. The normalized spacial score (nSPS) is 13.0. The molecule has 2 atom stereocenters. The third-order valence-electron chi connectivity index (χ3n) is 10.7. The molecule has 0 aliphatic heterocycles. The third kappa shape index (κ3) is 5.61. The van der Waals surface area contributed by atoms with Gasteiger partial charge in [0.2, 0.25) is 0 Å². The van der Waals surface area contributed by atoms with E-state index in [4.69, 9.17) is 0 Å². The lowest BCUT2D eigenvalue weighted by Crippen LogP contribution is -2.15. The molecule has 2 heteroatoms. The van der Waals surface area contributed by atoms with E-state index in [0.29, 0.717) is 0 Å². The predicted octanol–water partition coefficient (Wildman–Crippen LogP) is 9.76. The van der Waals surface area contributed by atoms with E-state index in [1.54, 1.807) is 0 Å². The van der Waals surface area contributed by atoms with Gasteiger partial charge in [-0.3, -0.25) is 0 Å². The fourth-order valence-corrected chi connectivity index (χ4v) is 7.61. The van der Waals surface area contributed by atoms with Gasteiger partial charge in [0, 0.05) is 0 Å². The largest absolute Gasteiger partial charge is 0.384 e. The van der Waals surface area contributed by atoms with Crippen molar-refractivity contribution in [2.75, 3.05) is 0 Å². The van der Waals surface area contributed by atoms with Gasteiger partial charge in [0.15, 0.2) is 0 Å². The van der Waals surface area contributed by atoms with Gasteiger partial charge in [-0.05, 0) is 209 Å². The van der Waals surface area contributed by atoms with Crippen LogP contribution in [0.4, 0.5) is 0 Å². The molecule has 2 N–H and O–H groups in total. The Balaban J connectivity index is 1.91. The van der Waals surface area contributed by atoms with Crippen LogP contribution in [0, 0.1) is 96.9 Å². The summed E-state index contributed by atoms with van der Waals surface area (Å²) in [5, 5.41) is 24.0. The number of aliphatic hydroxyl groups is 2. The van der Waals surface area contributed by atoms with Crippen LogP contribution in [0.1, 0.15) is 123 Å². The van der Waals surface area contributed by atoms with Crippen LogP contribution in [0.15, 0.2) is 24.3 Å². The van der Waals surface area contributed by atoms with Crippen molar-refractivity contribution in [3.05, 3.63) is 136 Å². The van der Waals surface area contributed by atoms with Crippen LogP contribution >= 0.6 is 0 Å². The highest BCUT2D eigenvalue weighted by molar-refractivity contribution is 5.58. The monoisotopic (exact) mass is 576 g/mol. The van der Waals surface area contributed by atoms with E-state index in [2.05, 4.69) is 121 Å². The zero-order valence-corrected chi connectivity index (χ0v) is 29.1. The number of benzene rings is 4. The van der Waals surface area contributed by atoms with Gasteiger partial charge in [0.05, 0.1) is 0 Å². The van der Waals surface area contributed by atoms with Crippen molar-refractivity contribution in [2.45, 2.75) is 116 Å². The number of aryl methyl sites for hydroxylation is 6. The molecule has 0 aliphatic rings. The zero-order chi connectivity index (χ0) is 32.2. The molecule has 2 unspecified atom stereocenters. The number of hydrogen-bond acceptors (Lipinski definition) is 2. The van der Waals surface area contributed by atoms with Gasteiger partial charge >= 0.3 is 0 Å². The molecule has 228 valence electrons. The number of rotatable bonds is 6. The van der Waals surface area contributed by atoms with E-state index in [-0.39, 0.29) is 0 Å². The van der Waals surface area contributed by atoms with Crippen molar-refractivity contribution in [2.24, 2.45) is 0 Å². The van der Waals surface area contributed by atoms with Crippen molar-refractivity contribution in [3.8, 4) is 0 Å². The van der Waals surface area contributed by atoms with Crippen LogP contribution in [-0.4, -0.2) is 10.2 Å². The first-order valence-electron chi connectivity index (χ1n) is 15.7. The molecule has 0 radical (unpaired) electrons. The van der Waals surface area contributed by atoms with Crippen LogP contribution < -0.4 is 0 Å². The van der Waals surface area contributed by atoms with Crippen molar-refractivity contribution in [1.82, 2.24) is 0 Å². The highest BCUT2D eigenvalue weighted by Gasteiger charge is 2.27. The molecule has 0 amide bonds. The molecule has 4 aromatic carbocycles. The molecule has 43 heavy (non-hydrogen) atoms. The van der Waals surface area contributed by atoms with Crippen molar-refractivity contribution in [3.63, 3.8) is 0 Å². The van der Waals surface area contributed by atoms with Crippen molar-refractivity contribution in [1.29, 1.82) is 0 Å². The van der Waals surface area contributed by atoms with Gasteiger partial charge < -0.3 is 10.2 Å². The summed E-state index contributed by atoms with van der Waals surface area (Å²) < 4.78 is 0. The Morgan fingerprint density at radius 3 is 1.33 bits per heavy atom. The van der Waals surface area contributed by atoms with E-state index < -0.39 is 12.2 Å². The molecule has 0 spiro atoms. The summed E-state index contributed by atoms with van der Waals surface area (Å²) >= 11 is 0. The van der Waals surface area contributed by atoms with Crippen LogP contribution in [0.3, 0.4) is 0 Å². The van der Waals surface area contributed by atoms with E-state index in [1.165, 1.54) is 61.2 Å². The fourth-order valence-electron chi connectivity index (χ4n) is 7.61. The quantitative estimate of drug-likeness (QED) is 0.240. The summed E-state index contributed by atoms with van der Waals surface area (Å²) in [6.07, 6.45) is -0.626. The summed E-state index contributed by atoms with van der Waals surface area (Å²) in [6, 6.07) is 8.87. The Morgan fingerprint density at radius 2 is 0.814 bits per heavy atom. The maximum absolute atomic E-state index is 12.1. The van der Waals surface area contributed by atoms with Gasteiger partial charge in [-0.15, -0.1) is 0 Å². The second kappa shape index (κ2) is 12.1. The average Bonchev–Trinajstić information content (AvgIpc) is 2.91. The molecule has 4 rings (SSSR count). The molecule has 0 heterocycles. The lowest BCUT2D eigenvalue weighted by molar-refractivity contribution is 0.216. The fraction of sp³-hybridized carbons (Fsp3) is 0.415. The molecule has 0 saturated carbocycles. The lowest BCUT2D eigenvalue weighted by atomic mass is 9.79. The Bertz CT molecular complexity index is 1700. The molecular formula is C41H52O2. The van der Waals surface area contributed by atoms with E-state index in [1.807, 2.05) is 0 Å². The van der Waals surface area contributed by atoms with E-state index in [9.17, 15) is 10.2 Å². The second-order valence-electron chi connectivity index (χ2n) is 13.4. The predicted molar refractivity (Wildman–Crippen MR) is 183 cm³/mol. The molecular weight excluding hydrogens is 524 g/mol. The van der Waals surface area contributed by atoms with Crippen LogP contribution in [0.25, 0.3) is 0 Å². The highest BCUT2D eigenvalue weighted by atomic mass is 16.3. The third-order valence-corrected chi connectivity index (χ3v) is 10.7. The number of hydrogen-bond donors (Lipinski definition) is 2.